The average molecular weight is 523 g/mol. The number of anilines is 1. The van der Waals surface area contributed by atoms with Crippen molar-refractivity contribution in [2.45, 2.75) is 72.6 Å². The minimum Gasteiger partial charge on any atom is -0.508 e. The van der Waals surface area contributed by atoms with Gasteiger partial charge in [0.05, 0.1) is 6.07 Å². The molecule has 204 valence electrons. The fourth-order valence-corrected chi connectivity index (χ4v) is 4.00. The number of phenols is 1. The van der Waals surface area contributed by atoms with E-state index in [0.29, 0.717) is 17.7 Å². The number of ether oxygens (including phenoxy) is 1. The van der Waals surface area contributed by atoms with E-state index in [1.807, 2.05) is 45.0 Å². The number of para-hydroxylation sites is 1. The monoisotopic (exact) mass is 522 g/mol. The molecule has 0 saturated carbocycles. The number of hydrogen-bond acceptors (Lipinski definition) is 6. The van der Waals surface area contributed by atoms with E-state index >= 15 is 0 Å². The number of rotatable bonds is 9. The topological polar surface area (TPSA) is 132 Å². The highest BCUT2D eigenvalue weighted by Crippen LogP contribution is 2.28. The van der Waals surface area contributed by atoms with Crippen LogP contribution >= 0.6 is 0 Å². The first kappa shape index (κ1) is 30.2. The Hall–Kier alpha value is -4.06. The van der Waals surface area contributed by atoms with E-state index in [-0.39, 0.29) is 11.7 Å². The summed E-state index contributed by atoms with van der Waals surface area (Å²) in [6, 6.07) is 11.2. The Bertz CT molecular complexity index is 1160. The van der Waals surface area contributed by atoms with Crippen molar-refractivity contribution in [3.05, 3.63) is 59.2 Å². The van der Waals surface area contributed by atoms with Gasteiger partial charge in [-0.3, -0.25) is 9.59 Å². The van der Waals surface area contributed by atoms with Crippen LogP contribution in [0.15, 0.2) is 42.5 Å². The van der Waals surface area contributed by atoms with Crippen LogP contribution in [0.25, 0.3) is 0 Å². The average Bonchev–Trinajstić information content (AvgIpc) is 2.83. The molecule has 0 aromatic heterocycles. The van der Waals surface area contributed by atoms with Gasteiger partial charge in [-0.05, 0) is 69.4 Å². The first-order valence-electron chi connectivity index (χ1n) is 12.6. The number of alkyl carbamates (subject to hydrolysis) is 1. The van der Waals surface area contributed by atoms with E-state index in [1.165, 1.54) is 24.3 Å². The lowest BCUT2D eigenvalue weighted by molar-refractivity contribution is -0.141. The lowest BCUT2D eigenvalue weighted by Crippen LogP contribution is -2.54. The van der Waals surface area contributed by atoms with Crippen molar-refractivity contribution >= 4 is 23.6 Å². The van der Waals surface area contributed by atoms with Crippen molar-refractivity contribution in [2.24, 2.45) is 5.92 Å². The molecule has 0 aliphatic heterocycles. The van der Waals surface area contributed by atoms with Gasteiger partial charge in [0.1, 0.15) is 30.0 Å². The Kier molecular flexibility index (Phi) is 10.3. The molecule has 0 heterocycles. The Morgan fingerprint density at radius 1 is 1.08 bits per heavy atom. The van der Waals surface area contributed by atoms with Gasteiger partial charge in [-0.15, -0.1) is 0 Å². The first-order chi connectivity index (χ1) is 17.8. The van der Waals surface area contributed by atoms with Crippen LogP contribution in [-0.2, 0) is 14.3 Å². The summed E-state index contributed by atoms with van der Waals surface area (Å²) < 4.78 is 5.37. The summed E-state index contributed by atoms with van der Waals surface area (Å²) in [5.41, 5.74) is 1.90. The molecule has 3 N–H and O–H groups in total. The van der Waals surface area contributed by atoms with Crippen LogP contribution in [0.4, 0.5) is 10.5 Å². The van der Waals surface area contributed by atoms with E-state index in [1.54, 1.807) is 27.7 Å². The third-order valence-electron chi connectivity index (χ3n) is 6.17. The summed E-state index contributed by atoms with van der Waals surface area (Å²) in [4.78, 5) is 41.6. The molecule has 0 aliphatic rings. The largest absolute Gasteiger partial charge is 0.508 e. The van der Waals surface area contributed by atoms with Crippen molar-refractivity contribution in [2.75, 3.05) is 11.9 Å². The van der Waals surface area contributed by atoms with Crippen LogP contribution in [0.3, 0.4) is 0 Å². The highest BCUT2D eigenvalue weighted by Gasteiger charge is 2.38. The minimum atomic E-state index is -1.21. The second-order valence-electron chi connectivity index (χ2n) is 10.4. The molecule has 0 radical (unpaired) electrons. The van der Waals surface area contributed by atoms with E-state index in [2.05, 4.69) is 10.6 Å². The zero-order valence-corrected chi connectivity index (χ0v) is 23.2. The SMILES string of the molecule is CCC(C)C(NC(=O)OC(C)(C)C)C(=O)N(CC#N)C(C(=O)Nc1c(C)cccc1C)c1ccc(O)cc1. The second kappa shape index (κ2) is 13.0. The van der Waals surface area contributed by atoms with Crippen LogP contribution in [0, 0.1) is 31.1 Å². The van der Waals surface area contributed by atoms with E-state index in [9.17, 15) is 24.8 Å². The number of hydrogen-bond donors (Lipinski definition) is 3. The molecule has 3 unspecified atom stereocenters. The molecule has 9 heteroatoms. The van der Waals surface area contributed by atoms with E-state index < -0.39 is 42.1 Å². The van der Waals surface area contributed by atoms with Gasteiger partial charge in [-0.2, -0.15) is 5.26 Å². The molecular weight excluding hydrogens is 484 g/mol. The molecule has 9 nitrogen and oxygen atoms in total. The number of nitrogens with one attached hydrogen (secondary N) is 2. The predicted molar refractivity (Wildman–Crippen MR) is 145 cm³/mol. The van der Waals surface area contributed by atoms with Crippen LogP contribution in [0.5, 0.6) is 5.75 Å². The molecule has 2 aromatic carbocycles. The third kappa shape index (κ3) is 7.97. The highest BCUT2D eigenvalue weighted by molar-refractivity contribution is 6.00. The minimum absolute atomic E-state index is 0.00936. The predicted octanol–water partition coefficient (Wildman–Crippen LogP) is 4.98. The molecule has 0 saturated heterocycles. The number of aromatic hydroxyl groups is 1. The van der Waals surface area contributed by atoms with Crippen molar-refractivity contribution < 1.29 is 24.2 Å². The van der Waals surface area contributed by atoms with Gasteiger partial charge in [0.2, 0.25) is 5.91 Å². The molecular formula is C29H38N4O5. The molecule has 2 aromatic rings. The summed E-state index contributed by atoms with van der Waals surface area (Å²) >= 11 is 0. The Morgan fingerprint density at radius 2 is 1.66 bits per heavy atom. The van der Waals surface area contributed by atoms with Crippen LogP contribution < -0.4 is 10.6 Å². The lowest BCUT2D eigenvalue weighted by atomic mass is 9.95. The van der Waals surface area contributed by atoms with Crippen LogP contribution in [0.1, 0.15) is 63.8 Å². The summed E-state index contributed by atoms with van der Waals surface area (Å²) in [5.74, 6) is -1.46. The number of carbonyl (C=O) groups is 3. The number of aryl methyl sites for hydroxylation is 2. The lowest BCUT2D eigenvalue weighted by Gasteiger charge is -2.34. The summed E-state index contributed by atoms with van der Waals surface area (Å²) in [5, 5.41) is 25.1. The van der Waals surface area contributed by atoms with Gasteiger partial charge in [0.15, 0.2) is 0 Å². The molecule has 0 aliphatic carbocycles. The Balaban J connectivity index is 2.56. The van der Waals surface area contributed by atoms with Gasteiger partial charge >= 0.3 is 6.09 Å². The fraction of sp³-hybridized carbons (Fsp3) is 0.448. The van der Waals surface area contributed by atoms with Crippen molar-refractivity contribution in [3.8, 4) is 11.8 Å². The molecule has 0 fully saturated rings. The van der Waals surface area contributed by atoms with Crippen molar-refractivity contribution in [1.29, 1.82) is 5.26 Å². The summed E-state index contributed by atoms with van der Waals surface area (Å²) in [6.07, 6.45) is -0.223. The summed E-state index contributed by atoms with van der Waals surface area (Å²) in [7, 11) is 0. The standard InChI is InChI=1S/C29H38N4O5/c1-8-18(2)24(32-28(37)38-29(5,6)7)27(36)33(17-16-30)25(21-12-14-22(34)15-13-21)26(35)31-23-19(3)10-9-11-20(23)4/h9-15,18,24-25,34H,8,17H2,1-7H3,(H,31,35)(H,32,37). The van der Waals surface area contributed by atoms with Crippen LogP contribution in [0.2, 0.25) is 0 Å². The number of benzene rings is 2. The number of phenolic OH excluding ortho intramolecular Hbond substituents is 1. The first-order valence-corrected chi connectivity index (χ1v) is 12.6. The van der Waals surface area contributed by atoms with Gasteiger partial charge < -0.3 is 25.4 Å². The molecule has 0 bridgehead atoms. The maximum Gasteiger partial charge on any atom is 0.408 e. The fourth-order valence-electron chi connectivity index (χ4n) is 4.00. The van der Waals surface area contributed by atoms with Gasteiger partial charge in [-0.1, -0.05) is 50.6 Å². The summed E-state index contributed by atoms with van der Waals surface area (Å²) in [6.45, 7) is 12.1. The quantitative estimate of drug-likeness (QED) is 0.398. The van der Waals surface area contributed by atoms with Gasteiger partial charge in [0.25, 0.3) is 5.91 Å². The van der Waals surface area contributed by atoms with Gasteiger partial charge in [-0.25, -0.2) is 4.79 Å². The van der Waals surface area contributed by atoms with Crippen molar-refractivity contribution in [1.82, 2.24) is 10.2 Å². The Labute approximate surface area is 224 Å². The molecule has 3 atom stereocenters. The normalized spacial score (nSPS) is 13.4. The molecule has 3 amide bonds. The molecule has 0 spiro atoms. The number of carbonyl (C=O) groups excluding carboxylic acids is 3. The van der Waals surface area contributed by atoms with Crippen LogP contribution in [-0.4, -0.2) is 46.1 Å². The molecule has 2 rings (SSSR count). The second-order valence-corrected chi connectivity index (χ2v) is 10.4. The maximum absolute atomic E-state index is 14.0. The van der Waals surface area contributed by atoms with E-state index in [0.717, 1.165) is 16.0 Å². The smallest absolute Gasteiger partial charge is 0.408 e. The van der Waals surface area contributed by atoms with Crippen molar-refractivity contribution in [3.63, 3.8) is 0 Å². The number of amides is 3. The van der Waals surface area contributed by atoms with E-state index in [4.69, 9.17) is 4.74 Å². The number of nitriles is 1. The number of nitrogens with zero attached hydrogens (tertiary/aromatic N) is 2. The highest BCUT2D eigenvalue weighted by atomic mass is 16.6. The third-order valence-corrected chi connectivity index (χ3v) is 6.17. The zero-order chi connectivity index (χ0) is 28.6. The zero-order valence-electron chi connectivity index (χ0n) is 23.2. The maximum atomic E-state index is 14.0. The Morgan fingerprint density at radius 3 is 2.16 bits per heavy atom. The van der Waals surface area contributed by atoms with Gasteiger partial charge in [0, 0.05) is 5.69 Å². The molecule has 38 heavy (non-hydrogen) atoms.